The van der Waals surface area contributed by atoms with E-state index in [2.05, 4.69) is 4.98 Å². The lowest BCUT2D eigenvalue weighted by molar-refractivity contribution is -0.109. The van der Waals surface area contributed by atoms with E-state index in [4.69, 9.17) is 14.6 Å². The summed E-state index contributed by atoms with van der Waals surface area (Å²) in [5.41, 5.74) is 1.41. The van der Waals surface area contributed by atoms with E-state index in [1.807, 2.05) is 6.92 Å². The smallest absolute Gasteiger partial charge is 0.336 e. The summed E-state index contributed by atoms with van der Waals surface area (Å²) in [7, 11) is 2.98. The lowest BCUT2D eigenvalue weighted by Gasteiger charge is -2.17. The fourth-order valence-corrected chi connectivity index (χ4v) is 1.60. The van der Waals surface area contributed by atoms with Crippen molar-refractivity contribution in [3.8, 4) is 0 Å². The van der Waals surface area contributed by atoms with Crippen LogP contribution in [0.2, 0.25) is 0 Å². The third-order valence-corrected chi connectivity index (χ3v) is 2.32. The number of ether oxygens (including phenoxy) is 2. The molecule has 1 heterocycles. The van der Waals surface area contributed by atoms with E-state index in [0.29, 0.717) is 17.7 Å². The molecule has 0 saturated carbocycles. The van der Waals surface area contributed by atoms with Gasteiger partial charge in [-0.2, -0.15) is 0 Å². The fraction of sp³-hybridized carbons (Fsp3) is 0.455. The second-order valence-electron chi connectivity index (χ2n) is 3.18. The largest absolute Gasteiger partial charge is 0.478 e. The van der Waals surface area contributed by atoms with Crippen molar-refractivity contribution in [1.82, 2.24) is 4.98 Å². The third-order valence-electron chi connectivity index (χ3n) is 2.32. The van der Waals surface area contributed by atoms with E-state index >= 15 is 0 Å². The third kappa shape index (κ3) is 2.37. The number of pyridine rings is 1. The summed E-state index contributed by atoms with van der Waals surface area (Å²) in [6.07, 6.45) is 1.38. The molecule has 0 unspecified atom stereocenters. The minimum Gasteiger partial charge on any atom is -0.478 e. The average Bonchev–Trinajstić information content (AvgIpc) is 2.30. The molecule has 0 aliphatic carbocycles. The normalized spacial score (nSPS) is 10.8. The van der Waals surface area contributed by atoms with Gasteiger partial charge in [0.15, 0.2) is 0 Å². The van der Waals surface area contributed by atoms with Crippen molar-refractivity contribution >= 4 is 5.97 Å². The molecule has 1 N–H and O–H groups in total. The van der Waals surface area contributed by atoms with Crippen LogP contribution in [0.15, 0.2) is 12.3 Å². The fourth-order valence-electron chi connectivity index (χ4n) is 1.60. The number of carboxylic acid groups (broad SMARTS) is 1. The molecule has 1 aromatic rings. The van der Waals surface area contributed by atoms with Gasteiger partial charge in [-0.15, -0.1) is 0 Å². The summed E-state index contributed by atoms with van der Waals surface area (Å²) < 4.78 is 10.2. The van der Waals surface area contributed by atoms with E-state index in [1.165, 1.54) is 26.5 Å². The maximum absolute atomic E-state index is 11.0. The SMILES string of the molecule is CCc1c(C(=O)O)ccnc1C(OC)OC. The molecule has 1 rings (SSSR count). The van der Waals surface area contributed by atoms with Gasteiger partial charge >= 0.3 is 5.97 Å². The van der Waals surface area contributed by atoms with E-state index in [-0.39, 0.29) is 5.56 Å². The molecule has 0 amide bonds. The maximum atomic E-state index is 11.0. The van der Waals surface area contributed by atoms with Gasteiger partial charge in [0.25, 0.3) is 0 Å². The number of rotatable bonds is 5. The van der Waals surface area contributed by atoms with Crippen molar-refractivity contribution < 1.29 is 19.4 Å². The van der Waals surface area contributed by atoms with Crippen LogP contribution in [-0.2, 0) is 15.9 Å². The molecule has 0 saturated heterocycles. The Morgan fingerprint density at radius 1 is 1.50 bits per heavy atom. The Balaban J connectivity index is 3.28. The predicted octanol–water partition coefficient (Wildman–Crippen LogP) is 1.63. The van der Waals surface area contributed by atoms with Gasteiger partial charge in [0.1, 0.15) is 5.69 Å². The van der Waals surface area contributed by atoms with E-state index in [1.54, 1.807) is 0 Å². The summed E-state index contributed by atoms with van der Waals surface area (Å²) >= 11 is 0. The van der Waals surface area contributed by atoms with Crippen LogP contribution in [0, 0.1) is 0 Å². The Morgan fingerprint density at radius 2 is 2.12 bits per heavy atom. The molecule has 0 atom stereocenters. The van der Waals surface area contributed by atoms with Crippen LogP contribution in [0.5, 0.6) is 0 Å². The first-order valence-corrected chi connectivity index (χ1v) is 4.92. The van der Waals surface area contributed by atoms with Gasteiger partial charge in [-0.05, 0) is 18.1 Å². The lowest BCUT2D eigenvalue weighted by Crippen LogP contribution is -2.13. The molecule has 5 nitrogen and oxygen atoms in total. The number of aromatic nitrogens is 1. The number of nitrogens with zero attached hydrogens (tertiary/aromatic N) is 1. The van der Waals surface area contributed by atoms with Crippen molar-refractivity contribution in [2.24, 2.45) is 0 Å². The Bertz CT molecular complexity index is 374. The first-order valence-electron chi connectivity index (χ1n) is 4.92. The summed E-state index contributed by atoms with van der Waals surface area (Å²) in [6, 6.07) is 1.48. The number of methoxy groups -OCH3 is 2. The second kappa shape index (κ2) is 5.58. The van der Waals surface area contributed by atoms with Crippen LogP contribution in [0.4, 0.5) is 0 Å². The predicted molar refractivity (Wildman–Crippen MR) is 57.3 cm³/mol. The zero-order valence-electron chi connectivity index (χ0n) is 9.56. The van der Waals surface area contributed by atoms with Gasteiger partial charge < -0.3 is 14.6 Å². The topological polar surface area (TPSA) is 68.7 Å². The van der Waals surface area contributed by atoms with E-state index in [0.717, 1.165) is 0 Å². The minimum atomic E-state index is -0.966. The highest BCUT2D eigenvalue weighted by Crippen LogP contribution is 2.22. The number of carbonyl (C=O) groups is 1. The average molecular weight is 225 g/mol. The minimum absolute atomic E-state index is 0.242. The zero-order valence-corrected chi connectivity index (χ0v) is 9.56. The monoisotopic (exact) mass is 225 g/mol. The van der Waals surface area contributed by atoms with Gasteiger partial charge in [-0.1, -0.05) is 6.92 Å². The maximum Gasteiger partial charge on any atom is 0.336 e. The number of aromatic carboxylic acids is 1. The second-order valence-corrected chi connectivity index (χ2v) is 3.18. The van der Waals surface area contributed by atoms with Gasteiger partial charge in [-0.25, -0.2) is 4.79 Å². The molecule has 0 aliphatic heterocycles. The van der Waals surface area contributed by atoms with Gasteiger partial charge in [-0.3, -0.25) is 4.98 Å². The van der Waals surface area contributed by atoms with Crippen LogP contribution in [0.3, 0.4) is 0 Å². The molecule has 0 aliphatic rings. The standard InChI is InChI=1S/C11H15NO4/c1-4-7-8(10(13)14)5-6-12-9(7)11(15-2)16-3/h5-6,11H,4H2,1-3H3,(H,13,14). The quantitative estimate of drug-likeness (QED) is 0.771. The molecule has 0 radical (unpaired) electrons. The summed E-state index contributed by atoms with van der Waals surface area (Å²) in [4.78, 5) is 15.1. The summed E-state index contributed by atoms with van der Waals surface area (Å²) in [5.74, 6) is -0.966. The van der Waals surface area contributed by atoms with Crippen molar-refractivity contribution in [1.29, 1.82) is 0 Å². The molecule has 88 valence electrons. The first-order chi connectivity index (χ1) is 7.65. The molecular formula is C11H15NO4. The van der Waals surface area contributed by atoms with Crippen molar-refractivity contribution in [3.63, 3.8) is 0 Å². The zero-order chi connectivity index (χ0) is 12.1. The lowest BCUT2D eigenvalue weighted by atomic mass is 10.0. The first kappa shape index (κ1) is 12.6. The molecule has 0 fully saturated rings. The van der Waals surface area contributed by atoms with Gasteiger partial charge in [0.2, 0.25) is 6.29 Å². The highest BCUT2D eigenvalue weighted by atomic mass is 16.7. The molecule has 16 heavy (non-hydrogen) atoms. The van der Waals surface area contributed by atoms with Crippen LogP contribution in [0.25, 0.3) is 0 Å². The van der Waals surface area contributed by atoms with Gasteiger partial charge in [0, 0.05) is 20.4 Å². The van der Waals surface area contributed by atoms with Crippen LogP contribution in [0.1, 0.15) is 34.8 Å². The van der Waals surface area contributed by atoms with Crippen LogP contribution < -0.4 is 0 Å². The molecule has 5 heteroatoms. The Morgan fingerprint density at radius 3 is 2.56 bits per heavy atom. The number of hydrogen-bond acceptors (Lipinski definition) is 4. The van der Waals surface area contributed by atoms with Gasteiger partial charge in [0.05, 0.1) is 5.56 Å². The van der Waals surface area contributed by atoms with Crippen LogP contribution >= 0.6 is 0 Å². The highest BCUT2D eigenvalue weighted by molar-refractivity contribution is 5.89. The molecule has 0 spiro atoms. The Labute approximate surface area is 94.0 Å². The number of carboxylic acids is 1. The summed E-state index contributed by atoms with van der Waals surface area (Å²) in [6.45, 7) is 1.87. The van der Waals surface area contributed by atoms with Crippen molar-refractivity contribution in [2.75, 3.05) is 14.2 Å². The Hall–Kier alpha value is -1.46. The van der Waals surface area contributed by atoms with E-state index in [9.17, 15) is 4.79 Å². The highest BCUT2D eigenvalue weighted by Gasteiger charge is 2.20. The molecule has 1 aromatic heterocycles. The summed E-state index contributed by atoms with van der Waals surface area (Å²) in [5, 5.41) is 9.04. The Kier molecular flexibility index (Phi) is 4.39. The molecular weight excluding hydrogens is 210 g/mol. The molecule has 0 aromatic carbocycles. The number of hydrogen-bond donors (Lipinski definition) is 1. The van der Waals surface area contributed by atoms with E-state index < -0.39 is 12.3 Å². The van der Waals surface area contributed by atoms with Crippen molar-refractivity contribution in [3.05, 3.63) is 29.1 Å². The van der Waals surface area contributed by atoms with Crippen LogP contribution in [-0.4, -0.2) is 30.3 Å². The molecule has 0 bridgehead atoms. The van der Waals surface area contributed by atoms with Crippen molar-refractivity contribution in [2.45, 2.75) is 19.6 Å².